The fraction of sp³-hybridized carbons (Fsp3) is 0.682. The number of Topliss-reactive ketones (excluding diaryl/α,β-unsaturated/α-hetero) is 1. The summed E-state index contributed by atoms with van der Waals surface area (Å²) in [6, 6.07) is 7.27. The van der Waals surface area contributed by atoms with Gasteiger partial charge >= 0.3 is 17.6 Å². The van der Waals surface area contributed by atoms with E-state index in [0.29, 0.717) is 12.8 Å². The van der Waals surface area contributed by atoms with Crippen molar-refractivity contribution in [1.82, 2.24) is 15.3 Å². The number of H-pyrrole nitrogens is 2. The number of hydrogen-bond acceptors (Lipinski definition) is 17. The second kappa shape index (κ2) is 22.9. The number of unbranched alkanes of at least 4 members (excludes halogenated alkanes) is 1. The number of carbonyl (C=O) groups is 4. The summed E-state index contributed by atoms with van der Waals surface area (Å²) in [6.45, 7) is 2.45. The zero-order chi connectivity index (χ0) is 46.9. The summed E-state index contributed by atoms with van der Waals surface area (Å²) in [5.74, 6) is -4.42. The maximum atomic E-state index is 13.9. The molecule has 0 spiro atoms. The number of carboxylic acids is 1. The third-order valence-electron chi connectivity index (χ3n) is 12.7. The SMILES string of the molecule is CCCCC(=O)C1CC(NC(=O)c2cc(=O)[nH]c(=O)[nH]2)C(OC2OC(C)C(O)C(O)C2O)C(OC2OC(CO)C(O)C(O[C@@H](CC3CCCCC3)C(=O)O)C2OC(=O)c2ccccc2)C1. The number of rotatable bonds is 18. The first-order chi connectivity index (χ1) is 31.1. The maximum Gasteiger partial charge on any atom is 0.338 e. The Morgan fingerprint density at radius 3 is 2.25 bits per heavy atom. The van der Waals surface area contributed by atoms with Gasteiger partial charge in [0.15, 0.2) is 24.8 Å². The van der Waals surface area contributed by atoms with Crippen LogP contribution in [0.4, 0.5) is 0 Å². The lowest BCUT2D eigenvalue weighted by molar-refractivity contribution is -0.347. The van der Waals surface area contributed by atoms with Crippen LogP contribution < -0.4 is 16.6 Å². The molecule has 6 rings (SSSR count). The van der Waals surface area contributed by atoms with E-state index in [1.165, 1.54) is 19.1 Å². The van der Waals surface area contributed by atoms with Crippen LogP contribution in [-0.4, -0.2) is 157 Å². The summed E-state index contributed by atoms with van der Waals surface area (Å²) in [4.78, 5) is 83.0. The number of carboxylic acid groups (broad SMARTS) is 1. The number of benzene rings is 1. The van der Waals surface area contributed by atoms with E-state index >= 15 is 0 Å². The van der Waals surface area contributed by atoms with E-state index in [0.717, 1.165) is 38.2 Å². The molecule has 2 aliphatic carbocycles. The second-order valence-electron chi connectivity index (χ2n) is 17.4. The first-order valence-corrected chi connectivity index (χ1v) is 22.3. The van der Waals surface area contributed by atoms with E-state index < -0.39 is 133 Å². The molecule has 2 saturated heterocycles. The third kappa shape index (κ3) is 12.5. The average molecular weight is 920 g/mol. The van der Waals surface area contributed by atoms with Gasteiger partial charge in [0.2, 0.25) is 0 Å². The molecular weight excluding hydrogens is 858 g/mol. The van der Waals surface area contributed by atoms with E-state index in [1.54, 1.807) is 18.2 Å². The Kier molecular flexibility index (Phi) is 17.6. The second-order valence-corrected chi connectivity index (χ2v) is 17.4. The van der Waals surface area contributed by atoms with Crippen LogP contribution in [0.5, 0.6) is 0 Å². The molecule has 14 unspecified atom stereocenters. The topological polar surface area (TPSA) is 323 Å². The minimum atomic E-state index is -1.87. The molecule has 4 aliphatic rings. The lowest BCUT2D eigenvalue weighted by Gasteiger charge is -2.49. The van der Waals surface area contributed by atoms with Gasteiger partial charge in [0, 0.05) is 18.4 Å². The molecule has 4 fully saturated rings. The molecule has 0 bridgehead atoms. The molecule has 2 aliphatic heterocycles. The predicted octanol–water partition coefficient (Wildman–Crippen LogP) is 0.0413. The van der Waals surface area contributed by atoms with Crippen molar-refractivity contribution in [2.75, 3.05) is 6.61 Å². The Bertz CT molecular complexity index is 2000. The van der Waals surface area contributed by atoms with Crippen molar-refractivity contribution in [3.8, 4) is 0 Å². The molecule has 9 N–H and O–H groups in total. The van der Waals surface area contributed by atoms with E-state index in [2.05, 4.69) is 10.3 Å². The van der Waals surface area contributed by atoms with Crippen LogP contribution in [-0.2, 0) is 38.0 Å². The van der Waals surface area contributed by atoms with Crippen LogP contribution in [0.1, 0.15) is 105 Å². The van der Waals surface area contributed by atoms with Gasteiger partial charge in [-0.1, -0.05) is 63.6 Å². The fourth-order valence-corrected chi connectivity index (χ4v) is 9.10. The summed E-state index contributed by atoms with van der Waals surface area (Å²) in [5, 5.41) is 67.7. The number of esters is 1. The first kappa shape index (κ1) is 50.0. The number of ketones is 1. The van der Waals surface area contributed by atoms with E-state index in [4.69, 9.17) is 28.4 Å². The first-order valence-electron chi connectivity index (χ1n) is 22.3. The van der Waals surface area contributed by atoms with E-state index in [1.807, 2.05) is 11.9 Å². The molecule has 1 aromatic carbocycles. The van der Waals surface area contributed by atoms with E-state index in [9.17, 15) is 59.4 Å². The van der Waals surface area contributed by atoms with Crippen molar-refractivity contribution in [1.29, 1.82) is 0 Å². The lowest BCUT2D eigenvalue weighted by atomic mass is 9.78. The minimum absolute atomic E-state index is 0.0194. The van der Waals surface area contributed by atoms with Gasteiger partial charge in [-0.05, 0) is 50.7 Å². The molecule has 21 heteroatoms. The minimum Gasteiger partial charge on any atom is -0.479 e. The van der Waals surface area contributed by atoms with Crippen molar-refractivity contribution < 1.29 is 78.2 Å². The molecule has 1 amide bonds. The van der Waals surface area contributed by atoms with Crippen molar-refractivity contribution in [3.63, 3.8) is 0 Å². The smallest absolute Gasteiger partial charge is 0.338 e. The van der Waals surface area contributed by atoms with E-state index in [-0.39, 0.29) is 42.9 Å². The van der Waals surface area contributed by atoms with Crippen molar-refractivity contribution >= 4 is 23.6 Å². The molecule has 1 aromatic heterocycles. The van der Waals surface area contributed by atoms with Gasteiger partial charge in [0.25, 0.3) is 11.5 Å². The van der Waals surface area contributed by atoms with Gasteiger partial charge in [0.1, 0.15) is 54.2 Å². The average Bonchev–Trinajstić information content (AvgIpc) is 3.29. The molecule has 0 radical (unpaired) electrons. The molecule has 21 nitrogen and oxygen atoms in total. The summed E-state index contributed by atoms with van der Waals surface area (Å²) in [5.41, 5.74) is -2.28. The van der Waals surface area contributed by atoms with Gasteiger partial charge < -0.3 is 69.4 Å². The Labute approximate surface area is 373 Å². The number of ether oxygens (including phenoxy) is 6. The molecule has 360 valence electrons. The predicted molar refractivity (Wildman–Crippen MR) is 223 cm³/mol. The quantitative estimate of drug-likeness (QED) is 0.0892. The van der Waals surface area contributed by atoms with Crippen molar-refractivity contribution in [2.45, 2.75) is 170 Å². The van der Waals surface area contributed by atoms with Gasteiger partial charge in [-0.3, -0.25) is 19.4 Å². The summed E-state index contributed by atoms with van der Waals surface area (Å²) in [7, 11) is 0. The standard InChI is InChI=1S/C44H61N3O18/c1-3-4-15-27(49)24-17-25(45-39(55)26-19-31(50)47-44(59)46-26)36(65-42-35(54)34(53)32(51)21(2)60-42)28(18-24)62-43-38(64-41(58)23-13-9-6-10-14-23)37(33(52)30(20-48)63-43)61-29(40(56)57)16-22-11-7-5-8-12-22/h6,9-10,13-14,19,21-22,24-25,28-30,32-38,42-43,48,51-54H,3-5,7-8,11-12,15-18,20H2,1-2H3,(H,45,55)(H,56,57)(H2,46,47,50,59)/t21?,24?,25?,28?,29-,30?,32?,33?,34?,35?,36?,37?,38?,42?,43?/m0/s1. The van der Waals surface area contributed by atoms with Crippen LogP contribution in [0, 0.1) is 11.8 Å². The number of nitrogens with one attached hydrogen (secondary N) is 3. The normalized spacial score (nSPS) is 33.7. The summed E-state index contributed by atoms with van der Waals surface area (Å²) < 4.78 is 37.1. The molecule has 2 saturated carbocycles. The monoisotopic (exact) mass is 919 g/mol. The maximum absolute atomic E-state index is 13.9. The third-order valence-corrected chi connectivity index (χ3v) is 12.7. The summed E-state index contributed by atoms with van der Waals surface area (Å²) >= 11 is 0. The molecule has 65 heavy (non-hydrogen) atoms. The van der Waals surface area contributed by atoms with Crippen LogP contribution in [0.3, 0.4) is 0 Å². The number of aromatic amines is 2. The highest BCUT2D eigenvalue weighted by Gasteiger charge is 2.54. The number of amides is 1. The molecule has 2 aromatic rings. The van der Waals surface area contributed by atoms with Crippen LogP contribution >= 0.6 is 0 Å². The Morgan fingerprint density at radius 1 is 0.862 bits per heavy atom. The van der Waals surface area contributed by atoms with Crippen LogP contribution in [0.2, 0.25) is 0 Å². The van der Waals surface area contributed by atoms with Gasteiger partial charge in [-0.2, -0.15) is 0 Å². The number of aliphatic hydroxyl groups is 5. The van der Waals surface area contributed by atoms with Crippen LogP contribution in [0.25, 0.3) is 0 Å². The number of aromatic nitrogens is 2. The Balaban J connectivity index is 1.42. The van der Waals surface area contributed by atoms with Crippen LogP contribution in [0.15, 0.2) is 46.0 Å². The lowest BCUT2D eigenvalue weighted by Crippen LogP contribution is -2.65. The Hall–Kier alpha value is -4.42. The molecular formula is C44H61N3O18. The molecule has 3 heterocycles. The zero-order valence-corrected chi connectivity index (χ0v) is 36.3. The number of aliphatic hydroxyl groups excluding tert-OH is 5. The molecule has 15 atom stereocenters. The van der Waals surface area contributed by atoms with Crippen molar-refractivity contribution in [3.05, 3.63) is 68.5 Å². The highest BCUT2D eigenvalue weighted by Crippen LogP contribution is 2.38. The van der Waals surface area contributed by atoms with Gasteiger partial charge in [-0.25, -0.2) is 14.4 Å². The largest absolute Gasteiger partial charge is 0.479 e. The number of hydrogen-bond donors (Lipinski definition) is 9. The number of carbonyl (C=O) groups excluding carboxylic acids is 3. The van der Waals surface area contributed by atoms with Gasteiger partial charge in [0.05, 0.1) is 30.4 Å². The van der Waals surface area contributed by atoms with Crippen molar-refractivity contribution in [2.24, 2.45) is 11.8 Å². The number of aliphatic carboxylic acids is 1. The highest BCUT2D eigenvalue weighted by atomic mass is 16.7. The summed E-state index contributed by atoms with van der Waals surface area (Å²) in [6.07, 6.45) is -15.6. The Morgan fingerprint density at radius 2 is 1.58 bits per heavy atom. The van der Waals surface area contributed by atoms with Gasteiger partial charge in [-0.15, -0.1) is 0 Å². The zero-order valence-electron chi connectivity index (χ0n) is 36.3. The highest BCUT2D eigenvalue weighted by molar-refractivity contribution is 5.92. The fourth-order valence-electron chi connectivity index (χ4n) is 9.10.